The molecule has 0 aliphatic carbocycles. The smallest absolute Gasteiger partial charge is 0.350 e. The summed E-state index contributed by atoms with van der Waals surface area (Å²) in [5.41, 5.74) is -0.497. The molecule has 0 aromatic heterocycles. The van der Waals surface area contributed by atoms with E-state index in [-0.39, 0.29) is 17.5 Å². The van der Waals surface area contributed by atoms with Crippen LogP contribution in [-0.2, 0) is 6.18 Å². The van der Waals surface area contributed by atoms with Gasteiger partial charge in [-0.05, 0) is 43.5 Å². The third-order valence-electron chi connectivity index (χ3n) is 3.27. The highest BCUT2D eigenvalue weighted by Gasteiger charge is 2.30. The molecule has 1 rings (SSSR count). The maximum Gasteiger partial charge on any atom is 0.416 e. The van der Waals surface area contributed by atoms with Gasteiger partial charge in [-0.2, -0.15) is 13.2 Å². The van der Waals surface area contributed by atoms with Crippen LogP contribution in [0.5, 0.6) is 0 Å². The van der Waals surface area contributed by atoms with E-state index in [1.54, 1.807) is 0 Å². The summed E-state index contributed by atoms with van der Waals surface area (Å²) in [7, 11) is 0. The fourth-order valence-electron chi connectivity index (χ4n) is 2.02. The number of carbonyl (C=O) groups excluding carboxylic acids is 1. The molecule has 0 spiro atoms. The summed E-state index contributed by atoms with van der Waals surface area (Å²) in [6.07, 6.45) is -1.39. The van der Waals surface area contributed by atoms with Gasteiger partial charge in [-0.1, -0.05) is 26.7 Å². The molecule has 1 aromatic carbocycles. The molecule has 118 valence electrons. The second-order valence-electron chi connectivity index (χ2n) is 5.77. The Kier molecular flexibility index (Phi) is 6.24. The number of hydrogen-bond donors (Lipinski definition) is 1. The molecule has 1 amide bonds. The highest BCUT2D eigenvalue weighted by atomic mass is 19.4. The fourth-order valence-corrected chi connectivity index (χ4v) is 2.02. The van der Waals surface area contributed by atoms with Gasteiger partial charge >= 0.3 is 6.18 Å². The summed E-state index contributed by atoms with van der Waals surface area (Å²) < 4.78 is 37.3. The largest absolute Gasteiger partial charge is 0.416 e. The van der Waals surface area contributed by atoms with Crippen molar-refractivity contribution in [2.75, 3.05) is 0 Å². The van der Waals surface area contributed by atoms with Gasteiger partial charge in [0.1, 0.15) is 0 Å². The minimum Gasteiger partial charge on any atom is -0.350 e. The van der Waals surface area contributed by atoms with E-state index in [1.807, 2.05) is 6.92 Å². The summed E-state index contributed by atoms with van der Waals surface area (Å²) in [4.78, 5) is 11.9. The Bertz CT molecular complexity index is 452. The van der Waals surface area contributed by atoms with Gasteiger partial charge in [-0.15, -0.1) is 0 Å². The average molecular weight is 301 g/mol. The topological polar surface area (TPSA) is 29.1 Å². The Balaban J connectivity index is 2.52. The van der Waals surface area contributed by atoms with E-state index >= 15 is 0 Å². The van der Waals surface area contributed by atoms with Crippen LogP contribution in [-0.4, -0.2) is 11.9 Å². The zero-order valence-electron chi connectivity index (χ0n) is 12.6. The molecular weight excluding hydrogens is 279 g/mol. The predicted molar refractivity (Wildman–Crippen MR) is 77.1 cm³/mol. The predicted octanol–water partition coefficient (Wildman–Crippen LogP) is 4.65. The first kappa shape index (κ1) is 17.5. The lowest BCUT2D eigenvalue weighted by atomic mass is 10.0. The van der Waals surface area contributed by atoms with E-state index in [0.717, 1.165) is 31.4 Å². The Morgan fingerprint density at radius 3 is 2.14 bits per heavy atom. The van der Waals surface area contributed by atoms with E-state index in [0.29, 0.717) is 5.92 Å². The number of rotatable bonds is 6. The molecule has 1 N–H and O–H groups in total. The maximum atomic E-state index is 12.4. The Morgan fingerprint density at radius 2 is 1.67 bits per heavy atom. The number of alkyl halides is 3. The van der Waals surface area contributed by atoms with Gasteiger partial charge in [0.2, 0.25) is 0 Å². The summed E-state index contributed by atoms with van der Waals surface area (Å²) in [5, 5.41) is 2.81. The minimum atomic E-state index is -4.38. The van der Waals surface area contributed by atoms with Crippen molar-refractivity contribution in [1.82, 2.24) is 5.32 Å². The molecule has 0 unspecified atom stereocenters. The lowest BCUT2D eigenvalue weighted by molar-refractivity contribution is -0.137. The molecule has 1 atom stereocenters. The number of nitrogens with one attached hydrogen (secondary N) is 1. The van der Waals surface area contributed by atoms with Crippen molar-refractivity contribution in [2.24, 2.45) is 5.92 Å². The van der Waals surface area contributed by atoms with Gasteiger partial charge in [0, 0.05) is 11.6 Å². The number of halogens is 3. The molecule has 0 aliphatic rings. The monoisotopic (exact) mass is 301 g/mol. The van der Waals surface area contributed by atoms with Gasteiger partial charge in [0.25, 0.3) is 5.91 Å². The Morgan fingerprint density at radius 1 is 1.10 bits per heavy atom. The van der Waals surface area contributed by atoms with Crippen molar-refractivity contribution in [3.63, 3.8) is 0 Å². The van der Waals surface area contributed by atoms with Crippen LogP contribution in [0.3, 0.4) is 0 Å². The van der Waals surface area contributed by atoms with E-state index in [2.05, 4.69) is 19.2 Å². The molecule has 0 saturated carbocycles. The Labute approximate surface area is 123 Å². The van der Waals surface area contributed by atoms with Gasteiger partial charge < -0.3 is 5.32 Å². The molecule has 0 aliphatic heterocycles. The first-order chi connectivity index (χ1) is 9.70. The third kappa shape index (κ3) is 6.19. The molecule has 0 radical (unpaired) electrons. The molecule has 5 heteroatoms. The lowest BCUT2D eigenvalue weighted by Gasteiger charge is -2.15. The number of amides is 1. The normalized spacial score (nSPS) is 13.3. The van der Waals surface area contributed by atoms with Gasteiger partial charge in [-0.3, -0.25) is 4.79 Å². The van der Waals surface area contributed by atoms with Crippen molar-refractivity contribution < 1.29 is 18.0 Å². The molecule has 0 heterocycles. The van der Waals surface area contributed by atoms with Crippen molar-refractivity contribution in [3.05, 3.63) is 35.4 Å². The SMILES string of the molecule is CC(C)CCC[C@H](C)NC(=O)c1ccc(C(F)(F)F)cc1. The molecular formula is C16H22F3NO. The summed E-state index contributed by atoms with van der Waals surface area (Å²) in [6.45, 7) is 6.19. The summed E-state index contributed by atoms with van der Waals surface area (Å²) in [6, 6.07) is 4.29. The summed E-state index contributed by atoms with van der Waals surface area (Å²) >= 11 is 0. The quantitative estimate of drug-likeness (QED) is 0.814. The van der Waals surface area contributed by atoms with E-state index in [9.17, 15) is 18.0 Å². The van der Waals surface area contributed by atoms with E-state index in [4.69, 9.17) is 0 Å². The molecule has 21 heavy (non-hydrogen) atoms. The van der Waals surface area contributed by atoms with Crippen molar-refractivity contribution >= 4 is 5.91 Å². The lowest BCUT2D eigenvalue weighted by Crippen LogP contribution is -2.32. The van der Waals surface area contributed by atoms with Crippen LogP contribution in [0.1, 0.15) is 56.0 Å². The Hall–Kier alpha value is -1.52. The molecule has 0 saturated heterocycles. The number of hydrogen-bond acceptors (Lipinski definition) is 1. The van der Waals surface area contributed by atoms with Crippen LogP contribution in [0.4, 0.5) is 13.2 Å². The first-order valence-electron chi connectivity index (χ1n) is 7.18. The standard InChI is InChI=1S/C16H22F3NO/c1-11(2)5-4-6-12(3)20-15(21)13-7-9-14(10-8-13)16(17,18)19/h7-12H,4-6H2,1-3H3,(H,20,21)/t12-/m0/s1. The van der Waals surface area contributed by atoms with E-state index in [1.165, 1.54) is 12.1 Å². The first-order valence-corrected chi connectivity index (χ1v) is 7.18. The fraction of sp³-hybridized carbons (Fsp3) is 0.562. The minimum absolute atomic E-state index is 0.0125. The second kappa shape index (κ2) is 7.48. The van der Waals surface area contributed by atoms with Crippen molar-refractivity contribution in [1.29, 1.82) is 0 Å². The summed E-state index contributed by atoms with van der Waals surface area (Å²) in [5.74, 6) is 0.295. The van der Waals surface area contributed by atoms with Crippen molar-refractivity contribution in [2.45, 2.75) is 52.3 Å². The van der Waals surface area contributed by atoms with Gasteiger partial charge in [-0.25, -0.2) is 0 Å². The molecule has 0 fully saturated rings. The molecule has 1 aromatic rings. The average Bonchev–Trinajstić information content (AvgIpc) is 2.37. The van der Waals surface area contributed by atoms with Crippen molar-refractivity contribution in [3.8, 4) is 0 Å². The highest BCUT2D eigenvalue weighted by Crippen LogP contribution is 2.29. The van der Waals surface area contributed by atoms with Gasteiger partial charge in [0.15, 0.2) is 0 Å². The van der Waals surface area contributed by atoms with E-state index < -0.39 is 11.7 Å². The van der Waals surface area contributed by atoms with Gasteiger partial charge in [0.05, 0.1) is 5.56 Å². The van der Waals surface area contributed by atoms with Crippen LogP contribution in [0.25, 0.3) is 0 Å². The number of benzene rings is 1. The van der Waals surface area contributed by atoms with Crippen LogP contribution in [0.2, 0.25) is 0 Å². The second-order valence-corrected chi connectivity index (χ2v) is 5.77. The maximum absolute atomic E-state index is 12.4. The number of carbonyl (C=O) groups is 1. The zero-order valence-corrected chi connectivity index (χ0v) is 12.6. The highest BCUT2D eigenvalue weighted by molar-refractivity contribution is 5.94. The third-order valence-corrected chi connectivity index (χ3v) is 3.27. The van der Waals surface area contributed by atoms with Crippen LogP contribution in [0, 0.1) is 5.92 Å². The van der Waals surface area contributed by atoms with Crippen LogP contribution < -0.4 is 5.32 Å². The van der Waals surface area contributed by atoms with Crippen LogP contribution in [0.15, 0.2) is 24.3 Å². The molecule has 2 nitrogen and oxygen atoms in total. The zero-order chi connectivity index (χ0) is 16.0. The molecule has 0 bridgehead atoms. The van der Waals surface area contributed by atoms with Crippen LogP contribution >= 0.6 is 0 Å².